The quantitative estimate of drug-likeness (QED) is 0.841. The average Bonchev–Trinajstić information content (AvgIpc) is 2.87. The second kappa shape index (κ2) is 7.87. The molecular formula is C19H30N2O3S. The number of nitrogens with zero attached hydrogens (tertiary/aromatic N) is 1. The van der Waals surface area contributed by atoms with Gasteiger partial charge in [0, 0.05) is 24.7 Å². The van der Waals surface area contributed by atoms with Crippen molar-refractivity contribution in [1.29, 1.82) is 0 Å². The van der Waals surface area contributed by atoms with Crippen molar-refractivity contribution in [2.24, 2.45) is 0 Å². The van der Waals surface area contributed by atoms with Crippen LogP contribution < -0.4 is 5.32 Å². The van der Waals surface area contributed by atoms with Gasteiger partial charge in [-0.2, -0.15) is 0 Å². The molecule has 1 aliphatic heterocycles. The Hall–Kier alpha value is -1.40. The SMILES string of the molecule is CCN(CCC(=O)Nc1ccccc1C(C)(C)C)C1CCS(=O)(=O)C1. The molecule has 1 aliphatic rings. The molecule has 0 radical (unpaired) electrons. The fourth-order valence-electron chi connectivity index (χ4n) is 3.37. The smallest absolute Gasteiger partial charge is 0.225 e. The molecule has 1 unspecified atom stereocenters. The normalized spacial score (nSPS) is 20.0. The van der Waals surface area contributed by atoms with Crippen LogP contribution in [-0.4, -0.2) is 49.9 Å². The third-order valence-corrected chi connectivity index (χ3v) is 6.52. The number of para-hydroxylation sites is 1. The van der Waals surface area contributed by atoms with E-state index < -0.39 is 9.84 Å². The Bertz CT molecular complexity index is 708. The van der Waals surface area contributed by atoms with E-state index in [0.717, 1.165) is 17.8 Å². The zero-order valence-corrected chi connectivity index (χ0v) is 16.5. The number of nitrogens with one attached hydrogen (secondary N) is 1. The van der Waals surface area contributed by atoms with Gasteiger partial charge in [-0.15, -0.1) is 0 Å². The van der Waals surface area contributed by atoms with Crippen LogP contribution in [0.3, 0.4) is 0 Å². The summed E-state index contributed by atoms with van der Waals surface area (Å²) in [5, 5.41) is 3.02. The van der Waals surface area contributed by atoms with Crippen molar-refractivity contribution >= 4 is 21.4 Å². The van der Waals surface area contributed by atoms with E-state index in [0.29, 0.717) is 19.4 Å². The summed E-state index contributed by atoms with van der Waals surface area (Å²) in [6, 6.07) is 7.92. The molecule has 1 N–H and O–H groups in total. The molecule has 1 fully saturated rings. The Morgan fingerprint density at radius 3 is 2.52 bits per heavy atom. The van der Waals surface area contributed by atoms with Crippen molar-refractivity contribution in [1.82, 2.24) is 4.90 Å². The minimum atomic E-state index is -2.90. The van der Waals surface area contributed by atoms with Gasteiger partial charge < -0.3 is 5.32 Å². The predicted molar refractivity (Wildman–Crippen MR) is 103 cm³/mol. The first kappa shape index (κ1) is 19.9. The van der Waals surface area contributed by atoms with Crippen LogP contribution >= 0.6 is 0 Å². The van der Waals surface area contributed by atoms with Gasteiger partial charge in [0.05, 0.1) is 11.5 Å². The summed E-state index contributed by atoms with van der Waals surface area (Å²) in [5.41, 5.74) is 1.92. The van der Waals surface area contributed by atoms with Crippen LogP contribution in [0.4, 0.5) is 5.69 Å². The lowest BCUT2D eigenvalue weighted by molar-refractivity contribution is -0.116. The lowest BCUT2D eigenvalue weighted by Gasteiger charge is -2.26. The molecule has 0 spiro atoms. The van der Waals surface area contributed by atoms with Gasteiger partial charge in [0.1, 0.15) is 0 Å². The van der Waals surface area contributed by atoms with Gasteiger partial charge in [-0.1, -0.05) is 45.9 Å². The maximum absolute atomic E-state index is 12.4. The number of benzene rings is 1. The van der Waals surface area contributed by atoms with E-state index in [-0.39, 0.29) is 28.9 Å². The molecule has 0 aliphatic carbocycles. The van der Waals surface area contributed by atoms with E-state index in [1.165, 1.54) is 0 Å². The number of carbonyl (C=O) groups is 1. The zero-order chi connectivity index (χ0) is 18.7. The Morgan fingerprint density at radius 2 is 1.96 bits per heavy atom. The minimum absolute atomic E-state index is 0.0315. The Balaban J connectivity index is 1.95. The Morgan fingerprint density at radius 1 is 1.28 bits per heavy atom. The summed E-state index contributed by atoms with van der Waals surface area (Å²) in [4.78, 5) is 14.5. The van der Waals surface area contributed by atoms with Crippen LogP contribution in [0.5, 0.6) is 0 Å². The number of amides is 1. The van der Waals surface area contributed by atoms with Gasteiger partial charge in [-0.3, -0.25) is 9.69 Å². The Kier molecular flexibility index (Phi) is 6.27. The van der Waals surface area contributed by atoms with E-state index in [1.54, 1.807) is 0 Å². The molecule has 2 rings (SSSR count). The lowest BCUT2D eigenvalue weighted by atomic mass is 9.86. The minimum Gasteiger partial charge on any atom is -0.326 e. The average molecular weight is 367 g/mol. The van der Waals surface area contributed by atoms with Crippen molar-refractivity contribution in [3.05, 3.63) is 29.8 Å². The number of rotatable bonds is 6. The summed E-state index contributed by atoms with van der Waals surface area (Å²) in [7, 11) is -2.90. The summed E-state index contributed by atoms with van der Waals surface area (Å²) in [6.07, 6.45) is 1.04. The van der Waals surface area contributed by atoms with E-state index >= 15 is 0 Å². The topological polar surface area (TPSA) is 66.5 Å². The molecule has 5 nitrogen and oxygen atoms in total. The van der Waals surface area contributed by atoms with Crippen molar-refractivity contribution < 1.29 is 13.2 Å². The monoisotopic (exact) mass is 366 g/mol. The van der Waals surface area contributed by atoms with Gasteiger partial charge in [0.2, 0.25) is 5.91 Å². The number of carbonyl (C=O) groups excluding carboxylic acids is 1. The van der Waals surface area contributed by atoms with Crippen molar-refractivity contribution in [2.75, 3.05) is 29.9 Å². The van der Waals surface area contributed by atoms with E-state index in [1.807, 2.05) is 31.2 Å². The van der Waals surface area contributed by atoms with Gasteiger partial charge in [0.25, 0.3) is 0 Å². The highest BCUT2D eigenvalue weighted by molar-refractivity contribution is 7.91. The molecule has 1 aromatic carbocycles. The number of anilines is 1. The molecule has 6 heteroatoms. The molecule has 25 heavy (non-hydrogen) atoms. The third-order valence-electron chi connectivity index (χ3n) is 4.77. The van der Waals surface area contributed by atoms with Crippen LogP contribution in [0, 0.1) is 0 Å². The fraction of sp³-hybridized carbons (Fsp3) is 0.632. The van der Waals surface area contributed by atoms with E-state index in [9.17, 15) is 13.2 Å². The molecule has 1 amide bonds. The molecule has 0 saturated carbocycles. The van der Waals surface area contributed by atoms with E-state index in [2.05, 4.69) is 31.0 Å². The Labute approximate surface area is 151 Å². The van der Waals surface area contributed by atoms with Gasteiger partial charge in [0.15, 0.2) is 9.84 Å². The van der Waals surface area contributed by atoms with Gasteiger partial charge in [-0.05, 0) is 30.0 Å². The van der Waals surface area contributed by atoms with Gasteiger partial charge >= 0.3 is 0 Å². The standard InChI is InChI=1S/C19H30N2O3S/c1-5-21(15-11-13-25(23,24)14-15)12-10-18(22)20-17-9-7-6-8-16(17)19(2,3)4/h6-9,15H,5,10-14H2,1-4H3,(H,20,22). The maximum Gasteiger partial charge on any atom is 0.225 e. The fourth-order valence-corrected chi connectivity index (χ4v) is 5.13. The number of sulfone groups is 1. The highest BCUT2D eigenvalue weighted by Gasteiger charge is 2.31. The molecule has 1 aromatic rings. The third kappa shape index (κ3) is 5.54. The first-order valence-electron chi connectivity index (χ1n) is 8.96. The second-order valence-electron chi connectivity index (χ2n) is 7.78. The molecule has 1 atom stereocenters. The first-order valence-corrected chi connectivity index (χ1v) is 10.8. The van der Waals surface area contributed by atoms with Crippen molar-refractivity contribution in [2.45, 2.75) is 52.0 Å². The van der Waals surface area contributed by atoms with Crippen LogP contribution in [-0.2, 0) is 20.0 Å². The predicted octanol–water partition coefficient (Wildman–Crippen LogP) is 2.82. The number of hydrogen-bond donors (Lipinski definition) is 1. The highest BCUT2D eigenvalue weighted by atomic mass is 32.2. The summed E-state index contributed by atoms with van der Waals surface area (Å²) in [6.45, 7) is 9.72. The highest BCUT2D eigenvalue weighted by Crippen LogP contribution is 2.29. The molecule has 1 heterocycles. The maximum atomic E-state index is 12.4. The number of hydrogen-bond acceptors (Lipinski definition) is 4. The van der Waals surface area contributed by atoms with Crippen LogP contribution in [0.2, 0.25) is 0 Å². The largest absolute Gasteiger partial charge is 0.326 e. The van der Waals surface area contributed by atoms with Gasteiger partial charge in [-0.25, -0.2) is 8.42 Å². The van der Waals surface area contributed by atoms with Crippen molar-refractivity contribution in [3.8, 4) is 0 Å². The van der Waals surface area contributed by atoms with Crippen LogP contribution in [0.25, 0.3) is 0 Å². The molecule has 140 valence electrons. The molecule has 0 bridgehead atoms. The second-order valence-corrected chi connectivity index (χ2v) is 10.0. The summed E-state index contributed by atoms with van der Waals surface area (Å²) < 4.78 is 23.3. The molecule has 1 saturated heterocycles. The summed E-state index contributed by atoms with van der Waals surface area (Å²) in [5.74, 6) is 0.449. The van der Waals surface area contributed by atoms with Crippen molar-refractivity contribution in [3.63, 3.8) is 0 Å². The lowest BCUT2D eigenvalue weighted by Crippen LogP contribution is -2.38. The molecular weight excluding hydrogens is 336 g/mol. The first-order chi connectivity index (χ1) is 11.6. The summed E-state index contributed by atoms with van der Waals surface area (Å²) >= 11 is 0. The van der Waals surface area contributed by atoms with Crippen LogP contribution in [0.1, 0.15) is 46.1 Å². The van der Waals surface area contributed by atoms with Crippen LogP contribution in [0.15, 0.2) is 24.3 Å². The van der Waals surface area contributed by atoms with E-state index in [4.69, 9.17) is 0 Å². The zero-order valence-electron chi connectivity index (χ0n) is 15.7. The molecule has 0 aromatic heterocycles.